The number of anilines is 2. The molecule has 0 unspecified atom stereocenters. The molecule has 260 valence electrons. The van der Waals surface area contributed by atoms with Gasteiger partial charge in [0.15, 0.2) is 28.4 Å². The Morgan fingerprint density at radius 1 is 0.740 bits per heavy atom. The van der Waals surface area contributed by atoms with Crippen molar-refractivity contribution in [3.63, 3.8) is 0 Å². The normalized spacial score (nSPS) is 10.7. The van der Waals surface area contributed by atoms with Crippen molar-refractivity contribution in [2.24, 2.45) is 14.1 Å². The van der Waals surface area contributed by atoms with Gasteiger partial charge in [-0.25, -0.2) is 18.4 Å². The fourth-order valence-electron chi connectivity index (χ4n) is 4.44. The summed E-state index contributed by atoms with van der Waals surface area (Å²) in [5.74, 6) is 0.739. The van der Waals surface area contributed by atoms with Crippen molar-refractivity contribution >= 4 is 43.8 Å². The molecule has 0 bridgehead atoms. The number of nitrogens with zero attached hydrogens (tertiary/aromatic N) is 8. The number of aliphatic hydroxyl groups excluding tert-OH is 1. The summed E-state index contributed by atoms with van der Waals surface area (Å²) in [6.07, 6.45) is 4.26. The lowest BCUT2D eigenvalue weighted by atomic mass is 10.2. The number of aliphatic hydroxyl groups is 1. The molecule has 0 aliphatic rings. The van der Waals surface area contributed by atoms with E-state index >= 15 is 0 Å². The third-order valence-corrected chi connectivity index (χ3v) is 7.82. The van der Waals surface area contributed by atoms with Gasteiger partial charge >= 0.3 is 6.01 Å². The molecule has 4 heterocycles. The van der Waals surface area contributed by atoms with E-state index in [1.165, 1.54) is 11.9 Å². The first kappa shape index (κ1) is 36.9. The average Bonchev–Trinajstić information content (AvgIpc) is 3.70. The first-order valence-electron chi connectivity index (χ1n) is 15.1. The van der Waals surface area contributed by atoms with Crippen molar-refractivity contribution in [1.29, 1.82) is 0 Å². The second-order valence-corrected chi connectivity index (χ2v) is 12.7. The van der Waals surface area contributed by atoms with Crippen molar-refractivity contribution in [2.75, 3.05) is 17.3 Å². The number of aromatic nitrogens is 8. The number of nitrogen functional groups attached to an aromatic ring is 1. The Hall–Kier alpha value is -5.93. The first-order chi connectivity index (χ1) is 23.6. The van der Waals surface area contributed by atoms with Gasteiger partial charge in [-0.15, -0.1) is 0 Å². The standard InChI is InChI=1S/C20H19N5O.C7H9N5O2S.C7H8O.CH4/c1-25-14-22-17-18(21-12-15-8-4-2-5-9-15)23-20(24-19(17)25)26-13-16-10-6-3-7-11-16;1-12-3-9-4-5(8)10-7(11-6(4)12)15(2,13)14;8-6-7-4-2-1-3-5-7;/h2-11,14H,12-13H2,1H3,(H,21,23,24);3H,1-2H3,(H2,8,10,11);1-5,8H,6H2;1H4. The van der Waals surface area contributed by atoms with Crippen LogP contribution in [0.15, 0.2) is 109 Å². The van der Waals surface area contributed by atoms with E-state index in [4.69, 9.17) is 15.6 Å². The monoisotopic (exact) mass is 696 g/mol. The molecule has 0 saturated heterocycles. The number of benzene rings is 3. The topological polar surface area (TPSA) is 189 Å². The summed E-state index contributed by atoms with van der Waals surface area (Å²) in [6.45, 7) is 1.21. The second kappa shape index (κ2) is 16.9. The Morgan fingerprint density at radius 3 is 1.80 bits per heavy atom. The van der Waals surface area contributed by atoms with Crippen LogP contribution >= 0.6 is 0 Å². The zero-order valence-electron chi connectivity index (χ0n) is 27.2. The predicted molar refractivity (Wildman–Crippen MR) is 194 cm³/mol. The highest BCUT2D eigenvalue weighted by molar-refractivity contribution is 7.90. The molecule has 0 spiro atoms. The summed E-state index contributed by atoms with van der Waals surface area (Å²) in [5, 5.41) is 11.6. The van der Waals surface area contributed by atoms with E-state index in [1.54, 1.807) is 17.9 Å². The molecule has 0 aliphatic carbocycles. The Kier molecular flexibility index (Phi) is 12.5. The number of aryl methyl sites for hydroxylation is 2. The van der Waals surface area contributed by atoms with Crippen molar-refractivity contribution < 1.29 is 18.3 Å². The summed E-state index contributed by atoms with van der Waals surface area (Å²) in [6, 6.07) is 30.0. The van der Waals surface area contributed by atoms with Gasteiger partial charge < -0.3 is 30.0 Å². The SMILES string of the molecule is C.Cn1cnc2c(N)nc(S(C)(=O)=O)nc21.Cn1cnc2c(NCc3ccccc3)nc(OCc3ccccc3)nc21.OCc1ccccc1. The lowest BCUT2D eigenvalue weighted by Crippen LogP contribution is -2.07. The molecule has 3 aromatic carbocycles. The predicted octanol–water partition coefficient (Wildman–Crippen LogP) is 4.72. The minimum absolute atomic E-state index is 0. The highest BCUT2D eigenvalue weighted by atomic mass is 32.2. The minimum Gasteiger partial charge on any atom is -0.458 e. The molecule has 0 amide bonds. The van der Waals surface area contributed by atoms with E-state index in [1.807, 2.05) is 90.5 Å². The largest absolute Gasteiger partial charge is 0.458 e. The Bertz CT molecular complexity index is 2230. The van der Waals surface area contributed by atoms with E-state index < -0.39 is 9.84 Å². The summed E-state index contributed by atoms with van der Waals surface area (Å²) >= 11 is 0. The fraction of sp³-hybridized carbons (Fsp3) is 0.200. The molecule has 0 aliphatic heterocycles. The van der Waals surface area contributed by atoms with E-state index in [0.29, 0.717) is 36.1 Å². The maximum Gasteiger partial charge on any atom is 0.320 e. The quantitative estimate of drug-likeness (QED) is 0.186. The van der Waals surface area contributed by atoms with Crippen LogP contribution in [-0.2, 0) is 43.7 Å². The van der Waals surface area contributed by atoms with Gasteiger partial charge in [-0.2, -0.15) is 19.9 Å². The van der Waals surface area contributed by atoms with Crippen molar-refractivity contribution in [3.8, 4) is 6.01 Å². The zero-order chi connectivity index (χ0) is 34.8. The van der Waals surface area contributed by atoms with Crippen LogP contribution in [0.25, 0.3) is 22.3 Å². The summed E-state index contributed by atoms with van der Waals surface area (Å²) in [4.78, 5) is 25.0. The molecular weight excluding hydrogens is 657 g/mol. The first-order valence-corrected chi connectivity index (χ1v) is 16.9. The lowest BCUT2D eigenvalue weighted by molar-refractivity contribution is 0.282. The van der Waals surface area contributed by atoms with E-state index in [2.05, 4.69) is 47.4 Å². The van der Waals surface area contributed by atoms with Crippen LogP contribution in [0.3, 0.4) is 0 Å². The van der Waals surface area contributed by atoms with Gasteiger partial charge in [0.2, 0.25) is 9.84 Å². The van der Waals surface area contributed by atoms with Gasteiger partial charge in [0.05, 0.1) is 19.3 Å². The lowest BCUT2D eigenvalue weighted by Gasteiger charge is -2.10. The number of rotatable bonds is 8. The highest BCUT2D eigenvalue weighted by Gasteiger charge is 2.16. The van der Waals surface area contributed by atoms with Crippen LogP contribution in [0.1, 0.15) is 24.1 Å². The van der Waals surface area contributed by atoms with Gasteiger partial charge in [0, 0.05) is 26.9 Å². The number of nitrogens with one attached hydrogen (secondary N) is 1. The van der Waals surface area contributed by atoms with Gasteiger partial charge in [-0.3, -0.25) is 0 Å². The van der Waals surface area contributed by atoms with Crippen molar-refractivity contribution in [2.45, 2.75) is 32.3 Å². The van der Waals surface area contributed by atoms with Gasteiger partial charge in [0.25, 0.3) is 5.16 Å². The highest BCUT2D eigenvalue weighted by Crippen LogP contribution is 2.22. The number of hydrogen-bond acceptors (Lipinski definition) is 12. The van der Waals surface area contributed by atoms with Gasteiger partial charge in [0.1, 0.15) is 12.1 Å². The number of ether oxygens (including phenoxy) is 1. The minimum atomic E-state index is -3.45. The Balaban J connectivity index is 0.000000197. The Morgan fingerprint density at radius 2 is 1.26 bits per heavy atom. The van der Waals surface area contributed by atoms with Gasteiger partial charge in [-0.1, -0.05) is 98.4 Å². The molecule has 7 rings (SSSR count). The number of fused-ring (bicyclic) bond motifs is 2. The fourth-order valence-corrected chi connectivity index (χ4v) is 4.95. The molecule has 0 saturated carbocycles. The van der Waals surface area contributed by atoms with Gasteiger partial charge in [-0.05, 0) is 16.7 Å². The van der Waals surface area contributed by atoms with Crippen LogP contribution in [0.4, 0.5) is 11.6 Å². The molecule has 0 fully saturated rings. The number of hydrogen-bond donors (Lipinski definition) is 3. The molecule has 4 N–H and O–H groups in total. The summed E-state index contributed by atoms with van der Waals surface area (Å²) < 4.78 is 31.8. The molecule has 0 radical (unpaired) electrons. The maximum absolute atomic E-state index is 11.3. The molecule has 15 heteroatoms. The third-order valence-electron chi connectivity index (χ3n) is 6.98. The van der Waals surface area contributed by atoms with Crippen molar-refractivity contribution in [1.82, 2.24) is 39.0 Å². The van der Waals surface area contributed by atoms with Crippen LogP contribution in [0.2, 0.25) is 0 Å². The summed E-state index contributed by atoms with van der Waals surface area (Å²) in [7, 11) is 0.154. The van der Waals surface area contributed by atoms with E-state index in [9.17, 15) is 8.42 Å². The molecule has 50 heavy (non-hydrogen) atoms. The van der Waals surface area contributed by atoms with Crippen molar-refractivity contribution in [3.05, 3.63) is 120 Å². The summed E-state index contributed by atoms with van der Waals surface area (Å²) in [5.41, 5.74) is 11.1. The van der Waals surface area contributed by atoms with Crippen LogP contribution in [0.5, 0.6) is 6.01 Å². The molecular formula is C35H40N10O4S. The van der Waals surface area contributed by atoms with Crippen LogP contribution in [0, 0.1) is 0 Å². The Labute approximate surface area is 290 Å². The maximum atomic E-state index is 11.3. The molecule has 0 atom stereocenters. The number of imidazole rings is 2. The molecule has 7 aromatic rings. The average molecular weight is 697 g/mol. The number of nitrogens with two attached hydrogens (primary N) is 1. The number of sulfone groups is 1. The smallest absolute Gasteiger partial charge is 0.320 e. The van der Waals surface area contributed by atoms with E-state index in [0.717, 1.165) is 28.5 Å². The molecule has 14 nitrogen and oxygen atoms in total. The second-order valence-electron chi connectivity index (χ2n) is 10.8. The van der Waals surface area contributed by atoms with E-state index in [-0.39, 0.29) is 25.0 Å². The molecule has 4 aromatic heterocycles. The third kappa shape index (κ3) is 9.58. The zero-order valence-corrected chi connectivity index (χ0v) is 28.0. The van der Waals surface area contributed by atoms with Crippen LogP contribution < -0.4 is 15.8 Å². The van der Waals surface area contributed by atoms with Crippen LogP contribution in [-0.4, -0.2) is 58.8 Å².